The maximum Gasteiger partial charge on any atom is 0.323 e. The zero-order chi connectivity index (χ0) is 14.4. The van der Waals surface area contributed by atoms with Crippen molar-refractivity contribution in [3.63, 3.8) is 0 Å². The Morgan fingerprint density at radius 1 is 1.25 bits per heavy atom. The number of rotatable bonds is 5. The van der Waals surface area contributed by atoms with E-state index in [0.29, 0.717) is 13.2 Å². The summed E-state index contributed by atoms with van der Waals surface area (Å²) in [6.07, 6.45) is -0.716. The van der Waals surface area contributed by atoms with Crippen LogP contribution in [-0.2, 0) is 25.6 Å². The van der Waals surface area contributed by atoms with E-state index in [1.807, 2.05) is 30.3 Å². The average molecular weight is 279 g/mol. The number of hydrogen-bond donors (Lipinski definition) is 1. The topological polar surface area (TPSA) is 76.1 Å². The van der Waals surface area contributed by atoms with E-state index < -0.39 is 12.1 Å². The fourth-order valence-electron chi connectivity index (χ4n) is 2.01. The molecule has 6 nitrogen and oxygen atoms in total. The summed E-state index contributed by atoms with van der Waals surface area (Å²) in [4.78, 5) is 24.5. The maximum absolute atomic E-state index is 12.3. The van der Waals surface area contributed by atoms with Gasteiger partial charge in [-0.2, -0.15) is 0 Å². The molecule has 1 fully saturated rings. The molecule has 0 bridgehead atoms. The second-order valence-electron chi connectivity index (χ2n) is 4.51. The fourth-order valence-corrected chi connectivity index (χ4v) is 2.01. The van der Waals surface area contributed by atoms with Gasteiger partial charge in [-0.3, -0.25) is 9.59 Å². The van der Waals surface area contributed by atoms with Crippen LogP contribution in [0.3, 0.4) is 0 Å². The van der Waals surface area contributed by atoms with Gasteiger partial charge >= 0.3 is 5.97 Å². The molecule has 1 aromatic carbocycles. The van der Waals surface area contributed by atoms with E-state index in [0.717, 1.165) is 5.56 Å². The summed E-state index contributed by atoms with van der Waals surface area (Å²) in [5.41, 5.74) is 0.874. The number of benzene rings is 1. The molecule has 20 heavy (non-hydrogen) atoms. The number of amides is 1. The minimum atomic E-state index is -1.05. The Labute approximate surface area is 116 Å². The Balaban J connectivity index is 2.05. The van der Waals surface area contributed by atoms with Crippen molar-refractivity contribution < 1.29 is 24.2 Å². The van der Waals surface area contributed by atoms with Gasteiger partial charge in [-0.25, -0.2) is 0 Å². The molecule has 0 radical (unpaired) electrons. The Kier molecular flexibility index (Phi) is 5.09. The van der Waals surface area contributed by atoms with Crippen LogP contribution in [0, 0.1) is 0 Å². The summed E-state index contributed by atoms with van der Waals surface area (Å²) in [6.45, 7) is 0.868. The van der Waals surface area contributed by atoms with E-state index in [4.69, 9.17) is 14.6 Å². The second kappa shape index (κ2) is 7.02. The first-order valence-corrected chi connectivity index (χ1v) is 6.40. The highest BCUT2D eigenvalue weighted by Gasteiger charge is 2.28. The standard InChI is InChI=1S/C14H17NO5/c16-13(17)9-15(8-11-4-2-1-3-5-11)14(18)12-10-19-6-7-20-12/h1-5,12H,6-10H2,(H,16,17)/t12-/m0/s1. The highest BCUT2D eigenvalue weighted by Crippen LogP contribution is 2.10. The summed E-state index contributed by atoms with van der Waals surface area (Å²) in [5.74, 6) is -1.40. The van der Waals surface area contributed by atoms with E-state index in [9.17, 15) is 9.59 Å². The van der Waals surface area contributed by atoms with Gasteiger partial charge in [0.25, 0.3) is 5.91 Å². The molecule has 1 amide bonds. The van der Waals surface area contributed by atoms with Crippen LogP contribution in [0.25, 0.3) is 0 Å². The normalized spacial score (nSPS) is 18.5. The van der Waals surface area contributed by atoms with Crippen molar-refractivity contribution in [1.29, 1.82) is 0 Å². The van der Waals surface area contributed by atoms with Gasteiger partial charge in [0.2, 0.25) is 0 Å². The molecule has 1 aliphatic heterocycles. The molecule has 1 N–H and O–H groups in total. The number of ether oxygens (including phenoxy) is 2. The van der Waals surface area contributed by atoms with E-state index in [1.54, 1.807) is 0 Å². The van der Waals surface area contributed by atoms with Crippen LogP contribution in [0.1, 0.15) is 5.56 Å². The molecule has 108 valence electrons. The summed E-state index contributed by atoms with van der Waals surface area (Å²) in [5, 5.41) is 8.94. The highest BCUT2D eigenvalue weighted by atomic mass is 16.6. The summed E-state index contributed by atoms with van der Waals surface area (Å²) < 4.78 is 10.5. The van der Waals surface area contributed by atoms with Crippen LogP contribution in [0.4, 0.5) is 0 Å². The zero-order valence-electron chi connectivity index (χ0n) is 11.0. The molecule has 1 aromatic rings. The summed E-state index contributed by atoms with van der Waals surface area (Å²) in [6, 6.07) is 9.25. The number of carboxylic acids is 1. The van der Waals surface area contributed by atoms with Gasteiger partial charge in [-0.05, 0) is 5.56 Å². The van der Waals surface area contributed by atoms with Crippen molar-refractivity contribution in [2.75, 3.05) is 26.4 Å². The zero-order valence-corrected chi connectivity index (χ0v) is 11.0. The predicted molar refractivity (Wildman–Crippen MR) is 70.1 cm³/mol. The maximum atomic E-state index is 12.3. The van der Waals surface area contributed by atoms with Gasteiger partial charge in [0.05, 0.1) is 19.8 Å². The fraction of sp³-hybridized carbons (Fsp3) is 0.429. The van der Waals surface area contributed by atoms with Crippen LogP contribution in [0.2, 0.25) is 0 Å². The van der Waals surface area contributed by atoms with Crippen molar-refractivity contribution in [2.24, 2.45) is 0 Å². The van der Waals surface area contributed by atoms with Crippen LogP contribution >= 0.6 is 0 Å². The average Bonchev–Trinajstić information content (AvgIpc) is 2.47. The lowest BCUT2D eigenvalue weighted by atomic mass is 10.2. The number of aliphatic carboxylic acids is 1. The molecule has 6 heteroatoms. The molecule has 2 rings (SSSR count). The first-order chi connectivity index (χ1) is 9.66. The molecule has 1 saturated heterocycles. The third-order valence-electron chi connectivity index (χ3n) is 2.95. The molecule has 0 saturated carbocycles. The van der Waals surface area contributed by atoms with E-state index in [-0.39, 0.29) is 25.6 Å². The third-order valence-corrected chi connectivity index (χ3v) is 2.95. The molecule has 0 unspecified atom stereocenters. The lowest BCUT2D eigenvalue weighted by Gasteiger charge is -2.28. The Morgan fingerprint density at radius 3 is 2.60 bits per heavy atom. The monoisotopic (exact) mass is 279 g/mol. The highest BCUT2D eigenvalue weighted by molar-refractivity contribution is 5.84. The molecule has 0 spiro atoms. The van der Waals surface area contributed by atoms with Crippen molar-refractivity contribution >= 4 is 11.9 Å². The predicted octanol–water partition coefficient (Wildman–Crippen LogP) is 0.515. The molecular weight excluding hydrogens is 262 g/mol. The quantitative estimate of drug-likeness (QED) is 0.850. The van der Waals surface area contributed by atoms with Crippen LogP contribution < -0.4 is 0 Å². The number of nitrogens with zero attached hydrogens (tertiary/aromatic N) is 1. The second-order valence-corrected chi connectivity index (χ2v) is 4.51. The largest absolute Gasteiger partial charge is 0.480 e. The Morgan fingerprint density at radius 2 is 2.00 bits per heavy atom. The minimum Gasteiger partial charge on any atom is -0.480 e. The van der Waals surface area contributed by atoms with Crippen molar-refractivity contribution in [1.82, 2.24) is 4.90 Å². The van der Waals surface area contributed by atoms with Gasteiger partial charge in [0, 0.05) is 6.54 Å². The smallest absolute Gasteiger partial charge is 0.323 e. The molecule has 1 heterocycles. The van der Waals surface area contributed by atoms with E-state index >= 15 is 0 Å². The molecule has 1 aliphatic rings. The van der Waals surface area contributed by atoms with Crippen LogP contribution in [-0.4, -0.2) is 54.4 Å². The molecule has 0 aromatic heterocycles. The lowest BCUT2D eigenvalue weighted by Crippen LogP contribution is -2.46. The Bertz CT molecular complexity index is 456. The number of carbonyl (C=O) groups excluding carboxylic acids is 1. The Hall–Kier alpha value is -1.92. The van der Waals surface area contributed by atoms with Crippen LogP contribution in [0.15, 0.2) is 30.3 Å². The number of carboxylic acid groups (broad SMARTS) is 1. The molecule has 1 atom stereocenters. The summed E-state index contributed by atoms with van der Waals surface area (Å²) >= 11 is 0. The van der Waals surface area contributed by atoms with E-state index in [2.05, 4.69) is 0 Å². The third kappa shape index (κ3) is 4.04. The first-order valence-electron chi connectivity index (χ1n) is 6.40. The number of carbonyl (C=O) groups is 2. The lowest BCUT2D eigenvalue weighted by molar-refractivity contribution is -0.162. The van der Waals surface area contributed by atoms with Crippen molar-refractivity contribution in [2.45, 2.75) is 12.6 Å². The van der Waals surface area contributed by atoms with Crippen LogP contribution in [0.5, 0.6) is 0 Å². The van der Waals surface area contributed by atoms with E-state index in [1.165, 1.54) is 4.90 Å². The minimum absolute atomic E-state index is 0.170. The number of hydrogen-bond acceptors (Lipinski definition) is 4. The first kappa shape index (κ1) is 14.5. The van der Waals surface area contributed by atoms with Crippen molar-refractivity contribution in [3.05, 3.63) is 35.9 Å². The van der Waals surface area contributed by atoms with Gasteiger partial charge in [0.15, 0.2) is 6.10 Å². The van der Waals surface area contributed by atoms with Gasteiger partial charge in [-0.1, -0.05) is 30.3 Å². The summed E-state index contributed by atoms with van der Waals surface area (Å²) in [7, 11) is 0. The van der Waals surface area contributed by atoms with Gasteiger partial charge in [0.1, 0.15) is 6.54 Å². The van der Waals surface area contributed by atoms with Gasteiger partial charge in [-0.15, -0.1) is 0 Å². The molecular formula is C14H17NO5. The SMILES string of the molecule is O=C(O)CN(Cc1ccccc1)C(=O)[C@@H]1COCCO1. The van der Waals surface area contributed by atoms with Crippen molar-refractivity contribution in [3.8, 4) is 0 Å². The van der Waals surface area contributed by atoms with Gasteiger partial charge < -0.3 is 19.5 Å². The molecule has 0 aliphatic carbocycles.